The molecule has 0 bridgehead atoms. The normalized spacial score (nSPS) is 9.62. The number of hydrazine groups is 1. The van der Waals surface area contributed by atoms with E-state index in [1.54, 1.807) is 7.05 Å². The Bertz CT molecular complexity index is 99.5. The molecule has 0 unspecified atom stereocenters. The van der Waals surface area contributed by atoms with Gasteiger partial charge in [0.15, 0.2) is 0 Å². The molecule has 0 aliphatic rings. The second kappa shape index (κ2) is 4.14. The quantitative estimate of drug-likeness (QED) is 0.310. The van der Waals surface area contributed by atoms with E-state index in [2.05, 4.69) is 10.9 Å². The second-order valence-corrected chi connectivity index (χ2v) is 1.10. The van der Waals surface area contributed by atoms with E-state index < -0.39 is 0 Å². The van der Waals surface area contributed by atoms with Gasteiger partial charge in [-0.3, -0.25) is 10.2 Å². The van der Waals surface area contributed by atoms with Gasteiger partial charge in [0.2, 0.25) is 0 Å². The van der Waals surface area contributed by atoms with Crippen molar-refractivity contribution in [2.24, 2.45) is 5.73 Å². The Morgan fingerprint density at radius 2 is 2.38 bits per heavy atom. The lowest BCUT2D eigenvalue weighted by Crippen LogP contribution is -2.32. The highest BCUT2D eigenvalue weighted by Crippen LogP contribution is 1.61. The van der Waals surface area contributed by atoms with E-state index in [0.29, 0.717) is 0 Å². The molecule has 0 aliphatic heterocycles. The minimum atomic E-state index is -0.255. The van der Waals surface area contributed by atoms with Crippen LogP contribution in [0.25, 0.3) is 0 Å². The van der Waals surface area contributed by atoms with Crippen LogP contribution in [-0.2, 0) is 4.79 Å². The van der Waals surface area contributed by atoms with E-state index in [-0.39, 0.29) is 5.91 Å². The summed E-state index contributed by atoms with van der Waals surface area (Å²) in [4.78, 5) is 10.3. The lowest BCUT2D eigenvalue weighted by Gasteiger charge is -1.93. The lowest BCUT2D eigenvalue weighted by molar-refractivity contribution is -0.117. The first kappa shape index (κ1) is 6.97. The number of hydrogen-bond acceptors (Lipinski definition) is 3. The summed E-state index contributed by atoms with van der Waals surface area (Å²) in [5.74, 6) is -0.255. The molecule has 0 aromatic heterocycles. The van der Waals surface area contributed by atoms with Crippen molar-refractivity contribution in [2.45, 2.75) is 0 Å². The summed E-state index contributed by atoms with van der Waals surface area (Å²) in [6.45, 7) is 0. The molecule has 0 rings (SSSR count). The Hall–Kier alpha value is -1.03. The molecule has 0 aromatic carbocycles. The first-order valence-electron chi connectivity index (χ1n) is 2.16. The summed E-state index contributed by atoms with van der Waals surface area (Å²) >= 11 is 0. The monoisotopic (exact) mass is 115 g/mol. The van der Waals surface area contributed by atoms with E-state index in [4.69, 9.17) is 5.73 Å². The number of nitrogens with two attached hydrogens (primary N) is 1. The SMILES string of the molecule is CNNC(=O)C=CN. The van der Waals surface area contributed by atoms with Crippen LogP contribution in [0.1, 0.15) is 0 Å². The van der Waals surface area contributed by atoms with Gasteiger partial charge in [0.25, 0.3) is 5.91 Å². The average Bonchev–Trinajstić information content (AvgIpc) is 1.68. The molecular weight excluding hydrogens is 106 g/mol. The Morgan fingerprint density at radius 3 is 2.75 bits per heavy atom. The molecule has 46 valence electrons. The van der Waals surface area contributed by atoms with Crippen LogP contribution in [0.3, 0.4) is 0 Å². The van der Waals surface area contributed by atoms with Crippen LogP contribution in [0.2, 0.25) is 0 Å². The molecule has 0 fully saturated rings. The highest BCUT2D eigenvalue weighted by Gasteiger charge is 1.85. The van der Waals surface area contributed by atoms with Crippen LogP contribution in [0, 0.1) is 0 Å². The molecule has 4 heteroatoms. The van der Waals surface area contributed by atoms with Crippen LogP contribution in [0.4, 0.5) is 0 Å². The first-order chi connectivity index (χ1) is 3.81. The van der Waals surface area contributed by atoms with Gasteiger partial charge in [-0.05, 0) is 6.20 Å². The van der Waals surface area contributed by atoms with Gasteiger partial charge < -0.3 is 5.73 Å². The molecule has 0 saturated carbocycles. The fraction of sp³-hybridized carbons (Fsp3) is 0.250. The summed E-state index contributed by atoms with van der Waals surface area (Å²) in [6, 6.07) is 0. The van der Waals surface area contributed by atoms with E-state index in [1.165, 1.54) is 12.3 Å². The van der Waals surface area contributed by atoms with Gasteiger partial charge in [-0.1, -0.05) is 0 Å². The van der Waals surface area contributed by atoms with Crippen molar-refractivity contribution in [3.8, 4) is 0 Å². The zero-order chi connectivity index (χ0) is 6.41. The van der Waals surface area contributed by atoms with Gasteiger partial charge in [-0.25, -0.2) is 5.43 Å². The summed E-state index contributed by atoms with van der Waals surface area (Å²) in [7, 11) is 1.60. The van der Waals surface area contributed by atoms with Crippen LogP contribution < -0.4 is 16.6 Å². The molecule has 4 N–H and O–H groups in total. The maximum absolute atomic E-state index is 10.3. The van der Waals surface area contributed by atoms with E-state index in [9.17, 15) is 4.79 Å². The standard InChI is InChI=1S/C4H9N3O/c1-6-7-4(8)2-3-5/h2-3,6H,5H2,1H3,(H,7,8). The van der Waals surface area contributed by atoms with Crippen LogP contribution >= 0.6 is 0 Å². The van der Waals surface area contributed by atoms with Crippen LogP contribution in [-0.4, -0.2) is 13.0 Å². The molecule has 0 saturated heterocycles. The molecular formula is C4H9N3O. The number of amides is 1. The minimum absolute atomic E-state index is 0.255. The molecule has 0 heterocycles. The number of carbonyl (C=O) groups excluding carboxylic acids is 1. The third-order valence-electron chi connectivity index (χ3n) is 0.496. The zero-order valence-electron chi connectivity index (χ0n) is 4.64. The zero-order valence-corrected chi connectivity index (χ0v) is 4.64. The Kier molecular flexibility index (Phi) is 3.60. The highest BCUT2D eigenvalue weighted by atomic mass is 16.2. The highest BCUT2D eigenvalue weighted by molar-refractivity contribution is 5.86. The molecule has 0 spiro atoms. The molecule has 8 heavy (non-hydrogen) atoms. The largest absolute Gasteiger partial charge is 0.404 e. The molecule has 0 aliphatic carbocycles. The Balaban J connectivity index is 3.33. The summed E-state index contributed by atoms with van der Waals surface area (Å²) < 4.78 is 0. The third-order valence-corrected chi connectivity index (χ3v) is 0.496. The van der Waals surface area contributed by atoms with Crippen molar-refractivity contribution in [2.75, 3.05) is 7.05 Å². The predicted octanol–water partition coefficient (Wildman–Crippen LogP) is -1.29. The topological polar surface area (TPSA) is 67.1 Å². The van der Waals surface area contributed by atoms with Crippen LogP contribution in [0.5, 0.6) is 0 Å². The third kappa shape index (κ3) is 3.17. The Labute approximate surface area is 47.7 Å². The average molecular weight is 115 g/mol. The van der Waals surface area contributed by atoms with E-state index in [0.717, 1.165) is 0 Å². The fourth-order valence-electron chi connectivity index (χ4n) is 0.252. The van der Waals surface area contributed by atoms with Crippen molar-refractivity contribution in [3.63, 3.8) is 0 Å². The van der Waals surface area contributed by atoms with Crippen molar-refractivity contribution < 1.29 is 4.79 Å². The maximum atomic E-state index is 10.3. The van der Waals surface area contributed by atoms with E-state index >= 15 is 0 Å². The van der Waals surface area contributed by atoms with Crippen molar-refractivity contribution in [1.29, 1.82) is 0 Å². The molecule has 0 radical (unpaired) electrons. The minimum Gasteiger partial charge on any atom is -0.404 e. The van der Waals surface area contributed by atoms with Crippen molar-refractivity contribution >= 4 is 5.91 Å². The summed E-state index contributed by atoms with van der Waals surface area (Å²) in [5.41, 5.74) is 9.63. The summed E-state index contributed by atoms with van der Waals surface area (Å²) in [5, 5.41) is 0. The summed E-state index contributed by atoms with van der Waals surface area (Å²) in [6.07, 6.45) is 2.39. The smallest absolute Gasteiger partial charge is 0.259 e. The fourth-order valence-corrected chi connectivity index (χ4v) is 0.252. The number of hydrogen-bond donors (Lipinski definition) is 3. The Morgan fingerprint density at radius 1 is 1.75 bits per heavy atom. The van der Waals surface area contributed by atoms with Crippen LogP contribution in [0.15, 0.2) is 12.3 Å². The van der Waals surface area contributed by atoms with Gasteiger partial charge in [-0.2, -0.15) is 0 Å². The molecule has 0 atom stereocenters. The van der Waals surface area contributed by atoms with Crippen molar-refractivity contribution in [3.05, 3.63) is 12.3 Å². The molecule has 1 amide bonds. The van der Waals surface area contributed by atoms with Gasteiger partial charge in [0.05, 0.1) is 0 Å². The predicted molar refractivity (Wildman–Crippen MR) is 30.5 cm³/mol. The molecule has 4 nitrogen and oxygen atoms in total. The number of rotatable bonds is 2. The molecule has 0 aromatic rings. The van der Waals surface area contributed by atoms with Crippen molar-refractivity contribution in [1.82, 2.24) is 10.9 Å². The first-order valence-corrected chi connectivity index (χ1v) is 2.16. The van der Waals surface area contributed by atoms with Gasteiger partial charge >= 0.3 is 0 Å². The van der Waals surface area contributed by atoms with Gasteiger partial charge in [0, 0.05) is 13.1 Å². The number of nitrogens with one attached hydrogen (secondary N) is 2. The van der Waals surface area contributed by atoms with Gasteiger partial charge in [0.1, 0.15) is 0 Å². The van der Waals surface area contributed by atoms with Gasteiger partial charge in [-0.15, -0.1) is 0 Å². The maximum Gasteiger partial charge on any atom is 0.259 e. The number of carbonyl (C=O) groups is 1. The second-order valence-electron chi connectivity index (χ2n) is 1.10. The van der Waals surface area contributed by atoms with E-state index in [1.807, 2.05) is 0 Å². The lowest BCUT2D eigenvalue weighted by atomic mass is 10.6.